The van der Waals surface area contributed by atoms with E-state index in [1.54, 1.807) is 6.07 Å². The maximum atomic E-state index is 12.2. The SMILES string of the molecule is O=C1CC2(CCNCC2)Sc2ccc(Cl)cc21. The van der Waals surface area contributed by atoms with Gasteiger partial charge in [0.2, 0.25) is 0 Å². The zero-order valence-corrected chi connectivity index (χ0v) is 11.0. The van der Waals surface area contributed by atoms with Crippen molar-refractivity contribution in [3.05, 3.63) is 28.8 Å². The molecule has 1 fully saturated rings. The number of carbonyl (C=O) groups excluding carboxylic acids is 1. The molecule has 2 aliphatic heterocycles. The summed E-state index contributed by atoms with van der Waals surface area (Å²) < 4.78 is 0.128. The number of rotatable bonds is 0. The first kappa shape index (κ1) is 11.6. The van der Waals surface area contributed by atoms with Crippen LogP contribution in [0.5, 0.6) is 0 Å². The number of benzene rings is 1. The lowest BCUT2D eigenvalue weighted by atomic mass is 9.89. The monoisotopic (exact) mass is 267 g/mol. The second-order valence-corrected chi connectivity index (χ2v) is 6.72. The Morgan fingerprint density at radius 1 is 1.29 bits per heavy atom. The predicted molar refractivity (Wildman–Crippen MR) is 71.1 cm³/mol. The normalized spacial score (nSPS) is 22.5. The minimum atomic E-state index is 0.128. The first-order valence-corrected chi connectivity index (χ1v) is 7.11. The van der Waals surface area contributed by atoms with E-state index in [-0.39, 0.29) is 10.5 Å². The predicted octanol–water partition coefficient (Wildman–Crippen LogP) is 3.14. The molecule has 1 spiro atoms. The summed E-state index contributed by atoms with van der Waals surface area (Å²) in [5.41, 5.74) is 0.812. The van der Waals surface area contributed by atoms with Crippen LogP contribution < -0.4 is 5.32 Å². The molecule has 0 aliphatic carbocycles. The molecule has 2 aliphatic rings. The summed E-state index contributed by atoms with van der Waals surface area (Å²) in [6.45, 7) is 2.03. The van der Waals surface area contributed by atoms with Gasteiger partial charge in [0, 0.05) is 26.6 Å². The van der Waals surface area contributed by atoms with E-state index in [1.807, 2.05) is 23.9 Å². The first-order valence-electron chi connectivity index (χ1n) is 5.91. The lowest BCUT2D eigenvalue weighted by Crippen LogP contribution is -2.42. The molecular weight excluding hydrogens is 254 g/mol. The Morgan fingerprint density at radius 3 is 2.82 bits per heavy atom. The molecule has 2 heterocycles. The Kier molecular flexibility index (Phi) is 2.93. The summed E-state index contributed by atoms with van der Waals surface area (Å²) in [6, 6.07) is 5.67. The highest BCUT2D eigenvalue weighted by atomic mass is 35.5. The molecule has 90 valence electrons. The maximum absolute atomic E-state index is 12.2. The van der Waals surface area contributed by atoms with Crippen LogP contribution in [0.3, 0.4) is 0 Å². The molecule has 0 radical (unpaired) electrons. The number of nitrogens with one attached hydrogen (secondary N) is 1. The van der Waals surface area contributed by atoms with Crippen molar-refractivity contribution in [2.45, 2.75) is 28.9 Å². The molecule has 0 saturated carbocycles. The Balaban J connectivity index is 1.97. The van der Waals surface area contributed by atoms with Crippen LogP contribution in [-0.2, 0) is 0 Å². The van der Waals surface area contributed by atoms with Crippen LogP contribution in [-0.4, -0.2) is 23.6 Å². The Bertz CT molecular complexity index is 468. The van der Waals surface area contributed by atoms with Crippen LogP contribution >= 0.6 is 23.4 Å². The summed E-state index contributed by atoms with van der Waals surface area (Å²) in [7, 11) is 0. The highest BCUT2D eigenvalue weighted by Crippen LogP contribution is 2.48. The molecule has 0 unspecified atom stereocenters. The second kappa shape index (κ2) is 4.30. The summed E-state index contributed by atoms with van der Waals surface area (Å²) >= 11 is 7.82. The summed E-state index contributed by atoms with van der Waals surface area (Å²) in [5, 5.41) is 4.01. The molecule has 1 aromatic carbocycles. The van der Waals surface area contributed by atoms with Crippen molar-refractivity contribution in [3.8, 4) is 0 Å². The van der Waals surface area contributed by atoms with E-state index in [1.165, 1.54) is 0 Å². The van der Waals surface area contributed by atoms with Gasteiger partial charge in [0.05, 0.1) is 0 Å². The number of thioether (sulfide) groups is 1. The van der Waals surface area contributed by atoms with E-state index in [0.717, 1.165) is 36.4 Å². The number of ketones is 1. The van der Waals surface area contributed by atoms with Crippen LogP contribution in [0.1, 0.15) is 29.6 Å². The number of hydrogen-bond acceptors (Lipinski definition) is 3. The molecule has 4 heteroatoms. The van der Waals surface area contributed by atoms with Gasteiger partial charge in [-0.2, -0.15) is 0 Å². The number of Topliss-reactive ketones (excluding diaryl/α,β-unsaturated/α-hetero) is 1. The van der Waals surface area contributed by atoms with Gasteiger partial charge in [-0.05, 0) is 44.1 Å². The molecule has 1 aromatic rings. The van der Waals surface area contributed by atoms with Gasteiger partial charge in [-0.3, -0.25) is 4.79 Å². The average Bonchev–Trinajstić information content (AvgIpc) is 2.31. The number of halogens is 1. The Hall–Kier alpha value is -0.510. The fraction of sp³-hybridized carbons (Fsp3) is 0.462. The van der Waals surface area contributed by atoms with Gasteiger partial charge in [-0.25, -0.2) is 0 Å². The van der Waals surface area contributed by atoms with E-state index in [4.69, 9.17) is 11.6 Å². The van der Waals surface area contributed by atoms with Crippen LogP contribution in [0.15, 0.2) is 23.1 Å². The van der Waals surface area contributed by atoms with Crippen molar-refractivity contribution >= 4 is 29.1 Å². The molecule has 2 nitrogen and oxygen atoms in total. The lowest BCUT2D eigenvalue weighted by molar-refractivity contribution is 0.0955. The van der Waals surface area contributed by atoms with Crippen LogP contribution in [0, 0.1) is 0 Å². The maximum Gasteiger partial charge on any atom is 0.165 e. The highest BCUT2D eigenvalue weighted by Gasteiger charge is 2.40. The second-order valence-electron chi connectivity index (χ2n) is 4.78. The molecule has 0 atom stereocenters. The zero-order chi connectivity index (χ0) is 11.9. The average molecular weight is 268 g/mol. The third kappa shape index (κ3) is 2.12. The van der Waals surface area contributed by atoms with Gasteiger partial charge in [-0.1, -0.05) is 11.6 Å². The Morgan fingerprint density at radius 2 is 2.06 bits per heavy atom. The van der Waals surface area contributed by atoms with Crippen molar-refractivity contribution in [1.82, 2.24) is 5.32 Å². The fourth-order valence-electron chi connectivity index (χ4n) is 2.63. The van der Waals surface area contributed by atoms with Crippen molar-refractivity contribution in [2.75, 3.05) is 13.1 Å². The summed E-state index contributed by atoms with van der Waals surface area (Å²) in [6.07, 6.45) is 2.81. The lowest BCUT2D eigenvalue weighted by Gasteiger charge is -2.39. The highest BCUT2D eigenvalue weighted by molar-refractivity contribution is 8.01. The quantitative estimate of drug-likeness (QED) is 0.783. The molecule has 17 heavy (non-hydrogen) atoms. The third-order valence-corrected chi connectivity index (χ3v) is 5.36. The van der Waals surface area contributed by atoms with Gasteiger partial charge in [0.1, 0.15) is 0 Å². The van der Waals surface area contributed by atoms with Crippen molar-refractivity contribution in [1.29, 1.82) is 0 Å². The van der Waals surface area contributed by atoms with Gasteiger partial charge >= 0.3 is 0 Å². The topological polar surface area (TPSA) is 29.1 Å². The van der Waals surface area contributed by atoms with Gasteiger partial charge < -0.3 is 5.32 Å². The van der Waals surface area contributed by atoms with Gasteiger partial charge in [0.25, 0.3) is 0 Å². The van der Waals surface area contributed by atoms with Crippen LogP contribution in [0.25, 0.3) is 0 Å². The van der Waals surface area contributed by atoms with Crippen LogP contribution in [0.4, 0.5) is 0 Å². The van der Waals surface area contributed by atoms with E-state index in [0.29, 0.717) is 11.4 Å². The number of fused-ring (bicyclic) bond motifs is 1. The standard InChI is InChI=1S/C13H14ClNOS/c14-9-1-2-12-10(7-9)11(16)8-13(17-12)3-5-15-6-4-13/h1-2,7,15H,3-6,8H2. The first-order chi connectivity index (χ1) is 8.19. The van der Waals surface area contributed by atoms with Crippen molar-refractivity contribution in [3.63, 3.8) is 0 Å². The zero-order valence-electron chi connectivity index (χ0n) is 9.46. The number of carbonyl (C=O) groups is 1. The minimum absolute atomic E-state index is 0.128. The van der Waals surface area contributed by atoms with Gasteiger partial charge in [0.15, 0.2) is 5.78 Å². The van der Waals surface area contributed by atoms with Crippen molar-refractivity contribution < 1.29 is 4.79 Å². The van der Waals surface area contributed by atoms with Crippen molar-refractivity contribution in [2.24, 2.45) is 0 Å². The number of hydrogen-bond donors (Lipinski definition) is 1. The molecular formula is C13H14ClNOS. The van der Waals surface area contributed by atoms with E-state index in [9.17, 15) is 4.79 Å². The third-order valence-electron chi connectivity index (χ3n) is 3.57. The molecule has 0 aromatic heterocycles. The minimum Gasteiger partial charge on any atom is -0.317 e. The van der Waals surface area contributed by atoms with E-state index < -0.39 is 0 Å². The number of piperidine rings is 1. The van der Waals surface area contributed by atoms with Crippen LogP contribution in [0.2, 0.25) is 5.02 Å². The molecule has 3 rings (SSSR count). The fourth-order valence-corrected chi connectivity index (χ4v) is 4.30. The molecule has 1 N–H and O–H groups in total. The van der Waals surface area contributed by atoms with E-state index >= 15 is 0 Å². The summed E-state index contributed by atoms with van der Waals surface area (Å²) in [4.78, 5) is 13.3. The molecule has 0 amide bonds. The molecule has 0 bridgehead atoms. The smallest absolute Gasteiger partial charge is 0.165 e. The van der Waals surface area contributed by atoms with E-state index in [2.05, 4.69) is 5.32 Å². The van der Waals surface area contributed by atoms with Gasteiger partial charge in [-0.15, -0.1) is 11.8 Å². The largest absolute Gasteiger partial charge is 0.317 e. The summed E-state index contributed by atoms with van der Waals surface area (Å²) in [5.74, 6) is 0.253. The molecule has 1 saturated heterocycles. The Labute approximate surface area is 110 Å².